The van der Waals surface area contributed by atoms with Gasteiger partial charge in [0, 0.05) is 11.4 Å². The normalized spacial score (nSPS) is 10.2. The van der Waals surface area contributed by atoms with Crippen LogP contribution >= 0.6 is 11.3 Å². The minimum atomic E-state index is 0.677. The van der Waals surface area contributed by atoms with E-state index in [1.54, 1.807) is 17.2 Å². The Morgan fingerprint density at radius 1 is 1.30 bits per heavy atom. The number of pyridine rings is 1. The van der Waals surface area contributed by atoms with Crippen molar-refractivity contribution in [2.75, 3.05) is 5.32 Å². The fraction of sp³-hybridized carbons (Fsp3) is 0.0769. The molecule has 0 unspecified atom stereocenters. The van der Waals surface area contributed by atoms with E-state index in [-0.39, 0.29) is 0 Å². The summed E-state index contributed by atoms with van der Waals surface area (Å²) in [4.78, 5) is 10.0. The number of thiophene rings is 1. The lowest BCUT2D eigenvalue weighted by atomic mass is 10.3. The smallest absolute Gasteiger partial charge is 0.155 e. The SMILES string of the molecule is N#Cc1ccc(CNc2ccc(-n3cncn3)nc2)s1. The first kappa shape index (κ1) is 12.3. The molecule has 0 aliphatic rings. The quantitative estimate of drug-likeness (QED) is 0.793. The molecule has 0 aromatic carbocycles. The van der Waals surface area contributed by atoms with Gasteiger partial charge in [-0.1, -0.05) is 0 Å². The molecule has 0 saturated heterocycles. The maximum Gasteiger partial charge on any atom is 0.155 e. The van der Waals surface area contributed by atoms with E-state index in [1.807, 2.05) is 24.3 Å². The summed E-state index contributed by atoms with van der Waals surface area (Å²) in [5.41, 5.74) is 0.917. The second-order valence-corrected chi connectivity index (χ2v) is 5.14. The molecule has 0 aliphatic heterocycles. The van der Waals surface area contributed by atoms with Gasteiger partial charge >= 0.3 is 0 Å². The zero-order chi connectivity index (χ0) is 13.8. The minimum Gasteiger partial charge on any atom is -0.379 e. The third-order valence-electron chi connectivity index (χ3n) is 2.64. The van der Waals surface area contributed by atoms with Crippen LogP contribution < -0.4 is 5.32 Å². The fourth-order valence-electron chi connectivity index (χ4n) is 1.67. The van der Waals surface area contributed by atoms with Gasteiger partial charge in [-0.3, -0.25) is 0 Å². The number of nitrogens with one attached hydrogen (secondary N) is 1. The molecule has 0 saturated carbocycles. The fourth-order valence-corrected chi connectivity index (χ4v) is 2.42. The summed E-state index contributed by atoms with van der Waals surface area (Å²) in [5.74, 6) is 0.718. The summed E-state index contributed by atoms with van der Waals surface area (Å²) >= 11 is 1.49. The second kappa shape index (κ2) is 5.50. The lowest BCUT2D eigenvalue weighted by Gasteiger charge is -2.05. The van der Waals surface area contributed by atoms with Crippen molar-refractivity contribution in [1.29, 1.82) is 5.26 Å². The highest BCUT2D eigenvalue weighted by atomic mass is 32.1. The summed E-state index contributed by atoms with van der Waals surface area (Å²) in [5, 5.41) is 16.1. The van der Waals surface area contributed by atoms with Crippen LogP contribution in [0.1, 0.15) is 9.75 Å². The molecule has 98 valence electrons. The van der Waals surface area contributed by atoms with Crippen molar-refractivity contribution in [3.05, 3.63) is 52.9 Å². The summed E-state index contributed by atoms with van der Waals surface area (Å²) in [6.45, 7) is 0.677. The molecule has 0 radical (unpaired) electrons. The molecule has 1 N–H and O–H groups in total. The molecule has 3 heterocycles. The van der Waals surface area contributed by atoms with E-state index in [1.165, 1.54) is 17.7 Å². The Kier molecular flexibility index (Phi) is 3.39. The monoisotopic (exact) mass is 282 g/mol. The van der Waals surface area contributed by atoms with Crippen LogP contribution in [0.25, 0.3) is 5.82 Å². The molecule has 0 aliphatic carbocycles. The van der Waals surface area contributed by atoms with Gasteiger partial charge in [0.05, 0.1) is 11.9 Å². The third kappa shape index (κ3) is 2.65. The van der Waals surface area contributed by atoms with Crippen molar-refractivity contribution < 1.29 is 0 Å². The third-order valence-corrected chi connectivity index (χ3v) is 3.63. The molecule has 0 spiro atoms. The van der Waals surface area contributed by atoms with Crippen molar-refractivity contribution in [2.24, 2.45) is 0 Å². The van der Waals surface area contributed by atoms with Crippen molar-refractivity contribution in [1.82, 2.24) is 19.7 Å². The van der Waals surface area contributed by atoms with Gasteiger partial charge in [-0.2, -0.15) is 10.4 Å². The summed E-state index contributed by atoms with van der Waals surface area (Å²) in [6, 6.07) is 9.71. The number of nitriles is 1. The molecule has 6 nitrogen and oxygen atoms in total. The summed E-state index contributed by atoms with van der Waals surface area (Å²) in [7, 11) is 0. The van der Waals surface area contributed by atoms with E-state index in [2.05, 4.69) is 26.5 Å². The van der Waals surface area contributed by atoms with Gasteiger partial charge in [0.15, 0.2) is 5.82 Å². The predicted molar refractivity (Wildman–Crippen MR) is 75.5 cm³/mol. The Hall–Kier alpha value is -2.72. The molecular weight excluding hydrogens is 272 g/mol. The zero-order valence-corrected chi connectivity index (χ0v) is 11.2. The largest absolute Gasteiger partial charge is 0.379 e. The Balaban J connectivity index is 1.65. The average molecular weight is 282 g/mol. The molecule has 3 aromatic heterocycles. The molecule has 0 bridgehead atoms. The van der Waals surface area contributed by atoms with Gasteiger partial charge < -0.3 is 5.32 Å². The topological polar surface area (TPSA) is 79.4 Å². The Bertz CT molecular complexity index is 723. The molecule has 20 heavy (non-hydrogen) atoms. The van der Waals surface area contributed by atoms with Crippen LogP contribution in [0.4, 0.5) is 5.69 Å². The second-order valence-electron chi connectivity index (χ2n) is 3.98. The first-order chi connectivity index (χ1) is 9.85. The van der Waals surface area contributed by atoms with E-state index in [9.17, 15) is 0 Å². The highest BCUT2D eigenvalue weighted by molar-refractivity contribution is 7.12. The van der Waals surface area contributed by atoms with Crippen molar-refractivity contribution in [3.63, 3.8) is 0 Å². The first-order valence-corrected chi connectivity index (χ1v) is 6.70. The molecule has 0 atom stereocenters. The maximum atomic E-state index is 8.77. The van der Waals surface area contributed by atoms with Gasteiger partial charge in [0.25, 0.3) is 0 Å². The van der Waals surface area contributed by atoms with Crippen LogP contribution in [0.2, 0.25) is 0 Å². The lowest BCUT2D eigenvalue weighted by molar-refractivity contribution is 0.845. The van der Waals surface area contributed by atoms with Gasteiger partial charge in [-0.15, -0.1) is 11.3 Å². The molecular formula is C13H10N6S. The van der Waals surface area contributed by atoms with Gasteiger partial charge in [0.1, 0.15) is 23.6 Å². The molecule has 0 fully saturated rings. The van der Waals surface area contributed by atoms with Crippen LogP contribution in [-0.2, 0) is 6.54 Å². The van der Waals surface area contributed by atoms with E-state index in [4.69, 9.17) is 5.26 Å². The summed E-state index contributed by atoms with van der Waals surface area (Å²) in [6.07, 6.45) is 4.82. The van der Waals surface area contributed by atoms with Crippen LogP contribution in [0, 0.1) is 11.3 Å². The number of aromatic nitrogens is 4. The first-order valence-electron chi connectivity index (χ1n) is 5.89. The van der Waals surface area contributed by atoms with E-state index < -0.39 is 0 Å². The molecule has 7 heteroatoms. The van der Waals surface area contributed by atoms with E-state index in [0.717, 1.165) is 21.3 Å². The summed E-state index contributed by atoms with van der Waals surface area (Å²) < 4.78 is 1.60. The predicted octanol–water partition coefficient (Wildman–Crippen LogP) is 2.21. The number of hydrogen-bond donors (Lipinski definition) is 1. The van der Waals surface area contributed by atoms with Crippen molar-refractivity contribution in [3.8, 4) is 11.9 Å². The van der Waals surface area contributed by atoms with E-state index in [0.29, 0.717) is 6.54 Å². The number of rotatable bonds is 4. The molecule has 3 aromatic rings. The van der Waals surface area contributed by atoms with Gasteiger partial charge in [-0.25, -0.2) is 14.6 Å². The Labute approximate surface area is 119 Å². The van der Waals surface area contributed by atoms with Crippen LogP contribution in [-0.4, -0.2) is 19.7 Å². The van der Waals surface area contributed by atoms with Crippen LogP contribution in [0.15, 0.2) is 43.1 Å². The Morgan fingerprint density at radius 2 is 2.25 bits per heavy atom. The van der Waals surface area contributed by atoms with E-state index >= 15 is 0 Å². The Morgan fingerprint density at radius 3 is 2.90 bits per heavy atom. The number of nitrogens with zero attached hydrogens (tertiary/aromatic N) is 5. The number of hydrogen-bond acceptors (Lipinski definition) is 6. The van der Waals surface area contributed by atoms with Crippen molar-refractivity contribution in [2.45, 2.75) is 6.54 Å². The standard InChI is InChI=1S/C13H10N6S/c14-5-11-2-3-12(20-11)7-16-10-1-4-13(17-6-10)19-9-15-8-18-19/h1-4,6,8-9,16H,7H2. The van der Waals surface area contributed by atoms with Crippen LogP contribution in [0.5, 0.6) is 0 Å². The lowest BCUT2D eigenvalue weighted by Crippen LogP contribution is -2.01. The highest BCUT2D eigenvalue weighted by Gasteiger charge is 2.01. The van der Waals surface area contributed by atoms with Gasteiger partial charge in [0.2, 0.25) is 0 Å². The van der Waals surface area contributed by atoms with Crippen molar-refractivity contribution >= 4 is 17.0 Å². The zero-order valence-electron chi connectivity index (χ0n) is 10.4. The highest BCUT2D eigenvalue weighted by Crippen LogP contribution is 2.17. The number of anilines is 1. The molecule has 0 amide bonds. The van der Waals surface area contributed by atoms with Gasteiger partial charge in [-0.05, 0) is 24.3 Å². The molecule has 3 rings (SSSR count). The van der Waals surface area contributed by atoms with Crippen LogP contribution in [0.3, 0.4) is 0 Å². The average Bonchev–Trinajstić information content (AvgIpc) is 3.17. The maximum absolute atomic E-state index is 8.77. The minimum absolute atomic E-state index is 0.677.